The third-order valence-electron chi connectivity index (χ3n) is 3.59. The number of hydrogen-bond donors (Lipinski definition) is 1. The molecule has 0 fully saturated rings. The number of ether oxygens (including phenoxy) is 1. The van der Waals surface area contributed by atoms with Gasteiger partial charge in [0.1, 0.15) is 5.92 Å². The Bertz CT molecular complexity index is 746. The van der Waals surface area contributed by atoms with Crippen molar-refractivity contribution in [2.24, 2.45) is 0 Å². The third-order valence-corrected chi connectivity index (χ3v) is 3.59. The third kappa shape index (κ3) is 2.55. The van der Waals surface area contributed by atoms with Crippen LogP contribution in [0.25, 0.3) is 10.9 Å². The van der Waals surface area contributed by atoms with Crippen LogP contribution in [0.3, 0.4) is 0 Å². The van der Waals surface area contributed by atoms with E-state index in [-0.39, 0.29) is 5.97 Å². The Kier molecular flexibility index (Phi) is 3.73. The maximum Gasteiger partial charge on any atom is 0.317 e. The number of rotatable bonds is 4. The van der Waals surface area contributed by atoms with E-state index in [0.29, 0.717) is 6.61 Å². The summed E-state index contributed by atoms with van der Waals surface area (Å²) in [5.74, 6) is -0.615. The van der Waals surface area contributed by atoms with Gasteiger partial charge in [0, 0.05) is 17.1 Å². The van der Waals surface area contributed by atoms with E-state index in [2.05, 4.69) is 4.98 Å². The average molecular weight is 279 g/mol. The zero-order chi connectivity index (χ0) is 14.7. The molecule has 0 unspecified atom stereocenters. The van der Waals surface area contributed by atoms with Crippen molar-refractivity contribution in [1.82, 2.24) is 4.98 Å². The number of carbonyl (C=O) groups excluding carboxylic acids is 1. The summed E-state index contributed by atoms with van der Waals surface area (Å²) in [5, 5.41) is 1.06. The predicted molar refractivity (Wildman–Crippen MR) is 83.2 cm³/mol. The van der Waals surface area contributed by atoms with Crippen LogP contribution in [0.2, 0.25) is 0 Å². The van der Waals surface area contributed by atoms with Gasteiger partial charge >= 0.3 is 5.97 Å². The number of para-hydroxylation sites is 1. The highest BCUT2D eigenvalue weighted by Gasteiger charge is 2.26. The molecule has 0 spiro atoms. The summed E-state index contributed by atoms with van der Waals surface area (Å²) in [6, 6.07) is 17.7. The van der Waals surface area contributed by atoms with Gasteiger partial charge in [-0.3, -0.25) is 4.79 Å². The first-order valence-electron chi connectivity index (χ1n) is 7.09. The molecule has 0 amide bonds. The van der Waals surface area contributed by atoms with E-state index < -0.39 is 5.92 Å². The van der Waals surface area contributed by atoms with Crippen molar-refractivity contribution in [3.63, 3.8) is 0 Å². The second kappa shape index (κ2) is 5.83. The van der Waals surface area contributed by atoms with E-state index in [1.54, 1.807) is 0 Å². The summed E-state index contributed by atoms with van der Waals surface area (Å²) in [5.41, 5.74) is 2.92. The van der Waals surface area contributed by atoms with Crippen molar-refractivity contribution in [1.29, 1.82) is 0 Å². The molecule has 0 saturated heterocycles. The van der Waals surface area contributed by atoms with Gasteiger partial charge < -0.3 is 9.72 Å². The second-order valence-corrected chi connectivity index (χ2v) is 4.89. The van der Waals surface area contributed by atoms with Crippen LogP contribution in [0.5, 0.6) is 0 Å². The van der Waals surface area contributed by atoms with Crippen LogP contribution in [0.4, 0.5) is 0 Å². The van der Waals surface area contributed by atoms with Crippen molar-refractivity contribution >= 4 is 16.9 Å². The standard InChI is InChI=1S/C18H17NO2/c1-2-21-18(20)17(13-8-4-3-5-9-13)15-12-19-16-11-7-6-10-14(15)16/h3-12,17,19H,2H2,1H3/t17-/m0/s1. The minimum absolute atomic E-state index is 0.214. The number of carbonyl (C=O) groups is 1. The van der Waals surface area contributed by atoms with Crippen molar-refractivity contribution in [2.45, 2.75) is 12.8 Å². The van der Waals surface area contributed by atoms with Crippen LogP contribution in [0.1, 0.15) is 24.0 Å². The molecule has 0 radical (unpaired) electrons. The van der Waals surface area contributed by atoms with Crippen LogP contribution in [-0.2, 0) is 9.53 Å². The van der Waals surface area contributed by atoms with Gasteiger partial charge in [0.2, 0.25) is 0 Å². The summed E-state index contributed by atoms with van der Waals surface area (Å²) in [7, 11) is 0. The number of aromatic amines is 1. The summed E-state index contributed by atoms with van der Waals surface area (Å²) in [6.07, 6.45) is 1.90. The lowest BCUT2D eigenvalue weighted by atomic mass is 9.91. The molecule has 1 N–H and O–H groups in total. The molecule has 21 heavy (non-hydrogen) atoms. The number of H-pyrrole nitrogens is 1. The Labute approximate surface area is 123 Å². The lowest BCUT2D eigenvalue weighted by Crippen LogP contribution is -2.17. The van der Waals surface area contributed by atoms with Gasteiger partial charge in [0.25, 0.3) is 0 Å². The van der Waals surface area contributed by atoms with Crippen LogP contribution >= 0.6 is 0 Å². The maximum atomic E-state index is 12.4. The highest BCUT2D eigenvalue weighted by Crippen LogP contribution is 2.31. The highest BCUT2D eigenvalue weighted by molar-refractivity contribution is 5.92. The van der Waals surface area contributed by atoms with Gasteiger partial charge in [0.15, 0.2) is 0 Å². The predicted octanol–water partition coefficient (Wildman–Crippen LogP) is 3.86. The van der Waals surface area contributed by atoms with Gasteiger partial charge in [-0.05, 0) is 24.1 Å². The number of hydrogen-bond acceptors (Lipinski definition) is 2. The lowest BCUT2D eigenvalue weighted by Gasteiger charge is -2.15. The van der Waals surface area contributed by atoms with Crippen molar-refractivity contribution in [2.75, 3.05) is 6.61 Å². The summed E-state index contributed by atoms with van der Waals surface area (Å²) < 4.78 is 5.28. The molecule has 1 atom stereocenters. The fourth-order valence-corrected chi connectivity index (χ4v) is 2.65. The Balaban J connectivity index is 2.13. The molecule has 0 aliphatic carbocycles. The largest absolute Gasteiger partial charge is 0.465 e. The lowest BCUT2D eigenvalue weighted by molar-refractivity contribution is -0.143. The maximum absolute atomic E-state index is 12.4. The molecule has 2 aromatic carbocycles. The summed E-state index contributed by atoms with van der Waals surface area (Å²) in [6.45, 7) is 2.21. The van der Waals surface area contributed by atoms with E-state index in [1.165, 1.54) is 0 Å². The molecule has 3 rings (SSSR count). The molecular weight excluding hydrogens is 262 g/mol. The van der Waals surface area contributed by atoms with E-state index in [1.807, 2.05) is 67.7 Å². The molecule has 3 aromatic rings. The molecule has 0 bridgehead atoms. The number of fused-ring (bicyclic) bond motifs is 1. The average Bonchev–Trinajstić information content (AvgIpc) is 2.93. The number of aromatic nitrogens is 1. The summed E-state index contributed by atoms with van der Waals surface area (Å²) >= 11 is 0. The molecule has 3 nitrogen and oxygen atoms in total. The monoisotopic (exact) mass is 279 g/mol. The second-order valence-electron chi connectivity index (χ2n) is 4.89. The van der Waals surface area contributed by atoms with Crippen LogP contribution in [-0.4, -0.2) is 17.6 Å². The Hall–Kier alpha value is -2.55. The minimum Gasteiger partial charge on any atom is -0.465 e. The van der Waals surface area contributed by atoms with E-state index >= 15 is 0 Å². The molecule has 1 heterocycles. The quantitative estimate of drug-likeness (QED) is 0.737. The molecule has 0 aliphatic rings. The van der Waals surface area contributed by atoms with E-state index in [9.17, 15) is 4.79 Å². The molecular formula is C18H17NO2. The van der Waals surface area contributed by atoms with Crippen molar-refractivity contribution in [3.8, 4) is 0 Å². The molecule has 0 saturated carbocycles. The van der Waals surface area contributed by atoms with Crippen molar-refractivity contribution < 1.29 is 9.53 Å². The Morgan fingerprint density at radius 3 is 2.57 bits per heavy atom. The minimum atomic E-state index is -0.401. The molecule has 1 aromatic heterocycles. The molecule has 106 valence electrons. The van der Waals surface area contributed by atoms with Crippen molar-refractivity contribution in [3.05, 3.63) is 71.9 Å². The van der Waals surface area contributed by atoms with E-state index in [0.717, 1.165) is 22.0 Å². The smallest absolute Gasteiger partial charge is 0.317 e. The number of benzene rings is 2. The SMILES string of the molecule is CCOC(=O)[C@@H](c1ccccc1)c1c[nH]c2ccccc12. The van der Waals surface area contributed by atoms with Gasteiger partial charge in [-0.1, -0.05) is 48.5 Å². The van der Waals surface area contributed by atoms with Gasteiger partial charge in [-0.25, -0.2) is 0 Å². The van der Waals surface area contributed by atoms with E-state index in [4.69, 9.17) is 4.74 Å². The highest BCUT2D eigenvalue weighted by atomic mass is 16.5. The fraction of sp³-hybridized carbons (Fsp3) is 0.167. The zero-order valence-corrected chi connectivity index (χ0v) is 11.9. The van der Waals surface area contributed by atoms with Gasteiger partial charge in [0.05, 0.1) is 6.61 Å². The Morgan fingerprint density at radius 1 is 1.10 bits per heavy atom. The zero-order valence-electron chi connectivity index (χ0n) is 11.9. The van der Waals surface area contributed by atoms with Crippen LogP contribution < -0.4 is 0 Å². The normalized spacial score (nSPS) is 12.2. The first-order chi connectivity index (χ1) is 10.3. The van der Waals surface area contributed by atoms with Crippen LogP contribution in [0, 0.1) is 0 Å². The first-order valence-corrected chi connectivity index (χ1v) is 7.09. The fourth-order valence-electron chi connectivity index (χ4n) is 2.65. The van der Waals surface area contributed by atoms with Gasteiger partial charge in [-0.15, -0.1) is 0 Å². The van der Waals surface area contributed by atoms with Gasteiger partial charge in [-0.2, -0.15) is 0 Å². The number of nitrogens with one attached hydrogen (secondary N) is 1. The first kappa shape index (κ1) is 13.4. The van der Waals surface area contributed by atoms with Crippen LogP contribution in [0.15, 0.2) is 60.8 Å². The number of esters is 1. The molecule has 0 aliphatic heterocycles. The topological polar surface area (TPSA) is 42.1 Å². The Morgan fingerprint density at radius 2 is 1.81 bits per heavy atom. The summed E-state index contributed by atoms with van der Waals surface area (Å²) in [4.78, 5) is 15.7. The molecule has 3 heteroatoms.